The maximum atomic E-state index is 12.0. The van der Waals surface area contributed by atoms with Gasteiger partial charge in [-0.1, -0.05) is 19.3 Å². The molecule has 0 spiro atoms. The Bertz CT molecular complexity index is 733. The number of carbonyl (C=O) groups is 1. The number of nitrogens with zero attached hydrogens (tertiary/aromatic N) is 2. The first-order valence-corrected chi connectivity index (χ1v) is 8.38. The van der Waals surface area contributed by atoms with E-state index in [0.29, 0.717) is 11.7 Å². The summed E-state index contributed by atoms with van der Waals surface area (Å²) in [7, 11) is 0. The first-order valence-electron chi connectivity index (χ1n) is 8.38. The minimum Gasteiger partial charge on any atom is -0.382 e. The Hall–Kier alpha value is -2.63. The Labute approximate surface area is 140 Å². The van der Waals surface area contributed by atoms with Crippen LogP contribution in [0.5, 0.6) is 0 Å². The van der Waals surface area contributed by atoms with E-state index in [1.165, 1.54) is 42.9 Å². The van der Waals surface area contributed by atoms with Crippen molar-refractivity contribution in [3.05, 3.63) is 53.2 Å². The minimum atomic E-state index is -0.431. The highest BCUT2D eigenvalue weighted by Gasteiger charge is 2.12. The summed E-state index contributed by atoms with van der Waals surface area (Å²) in [4.78, 5) is 27.2. The number of hydrogen-bond donors (Lipinski definition) is 2. The second-order valence-corrected chi connectivity index (χ2v) is 6.13. The summed E-state index contributed by atoms with van der Waals surface area (Å²) in [5, 5.41) is 6.34. The molecule has 0 atom stereocenters. The molecule has 1 saturated carbocycles. The van der Waals surface area contributed by atoms with Crippen LogP contribution in [0.3, 0.4) is 0 Å². The largest absolute Gasteiger partial charge is 0.382 e. The lowest BCUT2D eigenvalue weighted by atomic mass is 9.95. The van der Waals surface area contributed by atoms with Gasteiger partial charge in [-0.25, -0.2) is 9.78 Å². The number of amides is 1. The van der Waals surface area contributed by atoms with E-state index < -0.39 is 5.69 Å². The van der Waals surface area contributed by atoms with Gasteiger partial charge in [0, 0.05) is 29.8 Å². The van der Waals surface area contributed by atoms with E-state index in [-0.39, 0.29) is 12.5 Å². The van der Waals surface area contributed by atoms with Crippen LogP contribution < -0.4 is 16.3 Å². The van der Waals surface area contributed by atoms with Gasteiger partial charge in [0.1, 0.15) is 6.54 Å². The van der Waals surface area contributed by atoms with Crippen molar-refractivity contribution >= 4 is 17.3 Å². The number of rotatable bonds is 5. The molecule has 1 aromatic heterocycles. The van der Waals surface area contributed by atoms with Crippen LogP contribution in [0.1, 0.15) is 32.1 Å². The van der Waals surface area contributed by atoms with E-state index in [1.807, 2.05) is 24.3 Å². The predicted molar refractivity (Wildman–Crippen MR) is 94.1 cm³/mol. The maximum absolute atomic E-state index is 12.0. The summed E-state index contributed by atoms with van der Waals surface area (Å²) in [5.41, 5.74) is 1.36. The first kappa shape index (κ1) is 16.2. The van der Waals surface area contributed by atoms with Crippen molar-refractivity contribution in [3.8, 4) is 0 Å². The van der Waals surface area contributed by atoms with Crippen molar-refractivity contribution in [2.45, 2.75) is 44.7 Å². The molecule has 0 aliphatic heterocycles. The van der Waals surface area contributed by atoms with Crippen molar-refractivity contribution in [1.82, 2.24) is 9.55 Å². The van der Waals surface area contributed by atoms with Gasteiger partial charge in [0.2, 0.25) is 5.91 Å². The van der Waals surface area contributed by atoms with Crippen LogP contribution in [0, 0.1) is 0 Å². The molecule has 1 aromatic carbocycles. The molecule has 2 aromatic rings. The van der Waals surface area contributed by atoms with Gasteiger partial charge < -0.3 is 10.6 Å². The van der Waals surface area contributed by atoms with Crippen LogP contribution in [0.25, 0.3) is 0 Å². The van der Waals surface area contributed by atoms with Crippen LogP contribution >= 0.6 is 0 Å². The van der Waals surface area contributed by atoms with E-state index in [0.717, 1.165) is 5.69 Å². The highest BCUT2D eigenvalue weighted by Crippen LogP contribution is 2.22. The maximum Gasteiger partial charge on any atom is 0.347 e. The van der Waals surface area contributed by atoms with Gasteiger partial charge in [-0.2, -0.15) is 0 Å². The molecule has 1 amide bonds. The molecule has 0 unspecified atom stereocenters. The second-order valence-electron chi connectivity index (χ2n) is 6.13. The molecule has 24 heavy (non-hydrogen) atoms. The lowest BCUT2D eigenvalue weighted by molar-refractivity contribution is -0.116. The van der Waals surface area contributed by atoms with E-state index in [4.69, 9.17) is 0 Å². The fourth-order valence-corrected chi connectivity index (χ4v) is 3.00. The van der Waals surface area contributed by atoms with E-state index in [2.05, 4.69) is 15.6 Å². The van der Waals surface area contributed by atoms with E-state index in [1.54, 1.807) is 12.3 Å². The van der Waals surface area contributed by atoms with Crippen molar-refractivity contribution in [1.29, 1.82) is 0 Å². The second kappa shape index (κ2) is 7.77. The average Bonchev–Trinajstić information content (AvgIpc) is 2.60. The molecule has 1 aliphatic carbocycles. The molecule has 1 aliphatic rings. The molecule has 126 valence electrons. The molecular formula is C18H22N4O2. The highest BCUT2D eigenvalue weighted by molar-refractivity contribution is 5.90. The topological polar surface area (TPSA) is 76.0 Å². The SMILES string of the molecule is O=C(Cn1cccnc1=O)Nc1ccc(NC2CCCCC2)cc1. The molecule has 1 heterocycles. The summed E-state index contributed by atoms with van der Waals surface area (Å²) < 4.78 is 1.27. The van der Waals surface area contributed by atoms with Crippen LogP contribution in [0.2, 0.25) is 0 Å². The zero-order valence-electron chi connectivity index (χ0n) is 13.6. The summed E-state index contributed by atoms with van der Waals surface area (Å²) in [6.07, 6.45) is 9.32. The Balaban J connectivity index is 1.54. The zero-order valence-corrected chi connectivity index (χ0v) is 13.6. The summed E-state index contributed by atoms with van der Waals surface area (Å²) >= 11 is 0. The molecule has 6 nitrogen and oxygen atoms in total. The fraction of sp³-hybridized carbons (Fsp3) is 0.389. The molecule has 6 heteroatoms. The molecule has 2 N–H and O–H groups in total. The van der Waals surface area contributed by atoms with Crippen LogP contribution in [0.4, 0.5) is 11.4 Å². The Kier molecular flexibility index (Phi) is 5.25. The molecular weight excluding hydrogens is 304 g/mol. The van der Waals surface area contributed by atoms with Crippen LogP contribution in [-0.4, -0.2) is 21.5 Å². The Morgan fingerprint density at radius 1 is 1.12 bits per heavy atom. The normalized spacial score (nSPS) is 15.0. The molecule has 0 saturated heterocycles. The lowest BCUT2D eigenvalue weighted by Gasteiger charge is -2.23. The number of carbonyl (C=O) groups excluding carboxylic acids is 1. The third-order valence-electron chi connectivity index (χ3n) is 4.24. The number of benzene rings is 1. The van der Waals surface area contributed by atoms with Crippen LogP contribution in [-0.2, 0) is 11.3 Å². The van der Waals surface area contributed by atoms with Crippen molar-refractivity contribution in [3.63, 3.8) is 0 Å². The smallest absolute Gasteiger partial charge is 0.347 e. The average molecular weight is 326 g/mol. The van der Waals surface area contributed by atoms with Crippen LogP contribution in [0.15, 0.2) is 47.5 Å². The molecule has 0 bridgehead atoms. The standard InChI is InChI=1S/C18H22N4O2/c23-17(13-22-12-4-11-19-18(22)24)21-16-9-7-15(8-10-16)20-14-5-2-1-3-6-14/h4,7-12,14,20H,1-3,5-6,13H2,(H,21,23). The monoisotopic (exact) mass is 326 g/mol. The minimum absolute atomic E-state index is 0.0469. The number of aromatic nitrogens is 2. The quantitative estimate of drug-likeness (QED) is 0.885. The number of anilines is 2. The van der Waals surface area contributed by atoms with Gasteiger partial charge in [-0.3, -0.25) is 9.36 Å². The fourth-order valence-electron chi connectivity index (χ4n) is 3.00. The third kappa shape index (κ3) is 4.44. The number of nitrogens with one attached hydrogen (secondary N) is 2. The molecule has 3 rings (SSSR count). The van der Waals surface area contributed by atoms with Gasteiger partial charge in [0.05, 0.1) is 0 Å². The Morgan fingerprint density at radius 3 is 2.54 bits per heavy atom. The highest BCUT2D eigenvalue weighted by atomic mass is 16.2. The van der Waals surface area contributed by atoms with Gasteiger partial charge in [-0.15, -0.1) is 0 Å². The zero-order chi connectivity index (χ0) is 16.8. The van der Waals surface area contributed by atoms with Gasteiger partial charge in [-0.05, 0) is 43.2 Å². The first-order chi connectivity index (χ1) is 11.7. The van der Waals surface area contributed by atoms with Crippen molar-refractivity contribution < 1.29 is 4.79 Å². The lowest BCUT2D eigenvalue weighted by Crippen LogP contribution is -2.28. The van der Waals surface area contributed by atoms with Crippen molar-refractivity contribution in [2.24, 2.45) is 0 Å². The summed E-state index contributed by atoms with van der Waals surface area (Å²) in [6, 6.07) is 9.86. The van der Waals surface area contributed by atoms with Crippen molar-refractivity contribution in [2.75, 3.05) is 10.6 Å². The summed E-state index contributed by atoms with van der Waals surface area (Å²) in [6.45, 7) is -0.0469. The van der Waals surface area contributed by atoms with Gasteiger partial charge >= 0.3 is 5.69 Å². The molecule has 1 fully saturated rings. The van der Waals surface area contributed by atoms with Gasteiger partial charge in [0.15, 0.2) is 0 Å². The molecule has 0 radical (unpaired) electrons. The summed E-state index contributed by atoms with van der Waals surface area (Å²) in [5.74, 6) is -0.252. The Morgan fingerprint density at radius 2 is 1.83 bits per heavy atom. The third-order valence-corrected chi connectivity index (χ3v) is 4.24. The van der Waals surface area contributed by atoms with E-state index in [9.17, 15) is 9.59 Å². The van der Waals surface area contributed by atoms with E-state index >= 15 is 0 Å². The van der Waals surface area contributed by atoms with Gasteiger partial charge in [0.25, 0.3) is 0 Å². The predicted octanol–water partition coefficient (Wildman–Crippen LogP) is 2.63. The number of hydrogen-bond acceptors (Lipinski definition) is 4.